The maximum atomic E-state index is 11.6. The van der Waals surface area contributed by atoms with Crippen LogP contribution in [-0.4, -0.2) is 24.8 Å². The van der Waals surface area contributed by atoms with Gasteiger partial charge in [0.15, 0.2) is 18.2 Å². The summed E-state index contributed by atoms with van der Waals surface area (Å²) in [5, 5.41) is 0. The molecule has 1 aromatic carbocycles. The third-order valence-corrected chi connectivity index (χ3v) is 1.79. The summed E-state index contributed by atoms with van der Waals surface area (Å²) in [6.45, 7) is 2.09. The maximum absolute atomic E-state index is 11.6. The normalized spacial score (nSPS) is 12.1. The van der Waals surface area contributed by atoms with E-state index in [2.05, 4.69) is 0 Å². The molecule has 0 saturated carbocycles. The van der Waals surface area contributed by atoms with Crippen molar-refractivity contribution in [3.8, 4) is 0 Å². The minimum absolute atomic E-state index is 0.289. The lowest BCUT2D eigenvalue weighted by Gasteiger charge is -2.08. The smallest absolute Gasteiger partial charge is 0.198 e. The molecule has 3 nitrogen and oxygen atoms in total. The molecule has 0 aromatic heterocycles. The van der Waals surface area contributed by atoms with Crippen LogP contribution in [0, 0.1) is 0 Å². The van der Waals surface area contributed by atoms with Crippen LogP contribution in [0.4, 0.5) is 0 Å². The van der Waals surface area contributed by atoms with Crippen LogP contribution in [0.25, 0.3) is 0 Å². The van der Waals surface area contributed by atoms with E-state index in [0.29, 0.717) is 18.5 Å². The van der Waals surface area contributed by atoms with Crippen LogP contribution in [0.5, 0.6) is 0 Å². The number of aldehydes is 1. The van der Waals surface area contributed by atoms with Crippen molar-refractivity contribution in [2.75, 3.05) is 6.61 Å². The molecule has 0 N–H and O–H groups in total. The molecule has 1 rings (SSSR count). The molecule has 0 amide bonds. The van der Waals surface area contributed by atoms with E-state index in [9.17, 15) is 9.59 Å². The number of carbonyl (C=O) groups excluding carboxylic acids is 2. The van der Waals surface area contributed by atoms with Crippen molar-refractivity contribution >= 4 is 12.1 Å². The van der Waals surface area contributed by atoms with Crippen LogP contribution in [0.3, 0.4) is 0 Å². The lowest BCUT2D eigenvalue weighted by Crippen LogP contribution is -2.25. The van der Waals surface area contributed by atoms with Crippen molar-refractivity contribution in [1.29, 1.82) is 0 Å². The van der Waals surface area contributed by atoms with E-state index in [0.717, 1.165) is 0 Å². The largest absolute Gasteiger partial charge is 0.363 e. The van der Waals surface area contributed by atoms with E-state index >= 15 is 0 Å². The van der Waals surface area contributed by atoms with Crippen LogP contribution in [0.2, 0.25) is 0 Å². The molecule has 14 heavy (non-hydrogen) atoms. The predicted molar refractivity (Wildman–Crippen MR) is 52.3 cm³/mol. The Bertz CT molecular complexity index is 306. The zero-order valence-corrected chi connectivity index (χ0v) is 7.97. The summed E-state index contributed by atoms with van der Waals surface area (Å²) < 4.78 is 4.99. The highest BCUT2D eigenvalue weighted by molar-refractivity contribution is 6.07. The van der Waals surface area contributed by atoms with Gasteiger partial charge in [-0.05, 0) is 6.92 Å². The number of hydrogen-bond acceptors (Lipinski definition) is 3. The van der Waals surface area contributed by atoms with Crippen LogP contribution < -0.4 is 0 Å². The lowest BCUT2D eigenvalue weighted by molar-refractivity contribution is -0.115. The van der Waals surface area contributed by atoms with Crippen molar-refractivity contribution in [3.63, 3.8) is 0 Å². The van der Waals surface area contributed by atoms with Crippen molar-refractivity contribution < 1.29 is 14.3 Å². The minimum atomic E-state index is -0.970. The van der Waals surface area contributed by atoms with Gasteiger partial charge in [-0.1, -0.05) is 30.3 Å². The summed E-state index contributed by atoms with van der Waals surface area (Å²) >= 11 is 0. The van der Waals surface area contributed by atoms with Crippen molar-refractivity contribution in [2.45, 2.75) is 13.0 Å². The Labute approximate surface area is 82.7 Å². The molecular formula is C11H12O3. The van der Waals surface area contributed by atoms with Gasteiger partial charge in [-0.25, -0.2) is 0 Å². The average Bonchev–Trinajstić information content (AvgIpc) is 2.26. The van der Waals surface area contributed by atoms with Gasteiger partial charge in [-0.15, -0.1) is 0 Å². The van der Waals surface area contributed by atoms with E-state index in [4.69, 9.17) is 4.74 Å². The zero-order valence-electron chi connectivity index (χ0n) is 7.97. The van der Waals surface area contributed by atoms with Gasteiger partial charge in [0.1, 0.15) is 0 Å². The number of ketones is 1. The Morgan fingerprint density at radius 2 is 2.07 bits per heavy atom. The quantitative estimate of drug-likeness (QED) is 0.403. The van der Waals surface area contributed by atoms with Crippen LogP contribution in [-0.2, 0) is 9.53 Å². The first-order valence-corrected chi connectivity index (χ1v) is 4.45. The SMILES string of the molecule is CCOC(C=O)C(=O)c1ccccc1. The predicted octanol–water partition coefficient (Wildman–Crippen LogP) is 1.47. The molecule has 74 valence electrons. The summed E-state index contributed by atoms with van der Waals surface area (Å²) in [5.41, 5.74) is 0.498. The molecule has 1 unspecified atom stereocenters. The number of ether oxygens (including phenoxy) is 1. The number of rotatable bonds is 5. The summed E-state index contributed by atoms with van der Waals surface area (Å²) in [6, 6.07) is 8.64. The fraction of sp³-hybridized carbons (Fsp3) is 0.273. The van der Waals surface area contributed by atoms with E-state index < -0.39 is 6.10 Å². The molecule has 0 saturated heterocycles. The highest BCUT2D eigenvalue weighted by Gasteiger charge is 2.18. The van der Waals surface area contributed by atoms with E-state index in [1.165, 1.54) is 0 Å². The molecule has 0 aliphatic heterocycles. The molecular weight excluding hydrogens is 180 g/mol. The Hall–Kier alpha value is -1.48. The number of hydrogen-bond donors (Lipinski definition) is 0. The second-order valence-electron chi connectivity index (χ2n) is 2.74. The van der Waals surface area contributed by atoms with Gasteiger partial charge in [0.2, 0.25) is 0 Å². The fourth-order valence-electron chi connectivity index (χ4n) is 1.12. The van der Waals surface area contributed by atoms with Gasteiger partial charge in [0.25, 0.3) is 0 Å². The first-order valence-electron chi connectivity index (χ1n) is 4.45. The maximum Gasteiger partial charge on any atom is 0.198 e. The second kappa shape index (κ2) is 5.29. The lowest BCUT2D eigenvalue weighted by atomic mass is 10.1. The molecule has 0 fully saturated rings. The number of carbonyl (C=O) groups is 2. The molecule has 0 bridgehead atoms. The Kier molecular flexibility index (Phi) is 4.01. The summed E-state index contributed by atoms with van der Waals surface area (Å²) in [7, 11) is 0. The third kappa shape index (κ3) is 2.50. The topological polar surface area (TPSA) is 43.4 Å². The molecule has 0 radical (unpaired) electrons. The van der Waals surface area contributed by atoms with Crippen molar-refractivity contribution in [2.24, 2.45) is 0 Å². The molecule has 0 aliphatic rings. The Morgan fingerprint density at radius 3 is 2.57 bits per heavy atom. The first kappa shape index (κ1) is 10.6. The van der Waals surface area contributed by atoms with E-state index in [1.807, 2.05) is 6.07 Å². The van der Waals surface area contributed by atoms with Crippen molar-refractivity contribution in [1.82, 2.24) is 0 Å². The first-order chi connectivity index (χ1) is 6.79. The van der Waals surface area contributed by atoms with Gasteiger partial charge in [0.05, 0.1) is 0 Å². The van der Waals surface area contributed by atoms with Gasteiger partial charge < -0.3 is 4.74 Å². The monoisotopic (exact) mass is 192 g/mol. The van der Waals surface area contributed by atoms with Gasteiger partial charge in [0, 0.05) is 12.2 Å². The van der Waals surface area contributed by atoms with E-state index in [1.54, 1.807) is 31.2 Å². The molecule has 3 heteroatoms. The molecule has 0 spiro atoms. The second-order valence-corrected chi connectivity index (χ2v) is 2.74. The summed E-state index contributed by atoms with van der Waals surface area (Å²) in [5.74, 6) is -0.289. The molecule has 0 heterocycles. The molecule has 1 atom stereocenters. The Morgan fingerprint density at radius 1 is 1.43 bits per heavy atom. The minimum Gasteiger partial charge on any atom is -0.363 e. The summed E-state index contributed by atoms with van der Waals surface area (Å²) in [6.07, 6.45) is -0.443. The van der Waals surface area contributed by atoms with Crippen LogP contribution >= 0.6 is 0 Å². The standard InChI is InChI=1S/C11H12O3/c1-2-14-10(8-12)11(13)9-6-4-3-5-7-9/h3-8,10H,2H2,1H3. The zero-order chi connectivity index (χ0) is 10.4. The number of Topliss-reactive ketones (excluding diaryl/α,β-unsaturated/α-hetero) is 1. The number of benzene rings is 1. The van der Waals surface area contributed by atoms with Crippen molar-refractivity contribution in [3.05, 3.63) is 35.9 Å². The Balaban J connectivity index is 2.78. The van der Waals surface area contributed by atoms with Gasteiger partial charge in [-0.3, -0.25) is 9.59 Å². The third-order valence-electron chi connectivity index (χ3n) is 1.79. The van der Waals surface area contributed by atoms with Crippen LogP contribution in [0.1, 0.15) is 17.3 Å². The van der Waals surface area contributed by atoms with E-state index in [-0.39, 0.29) is 5.78 Å². The highest BCUT2D eigenvalue weighted by Crippen LogP contribution is 2.04. The molecule has 1 aromatic rings. The fourth-order valence-corrected chi connectivity index (χ4v) is 1.12. The van der Waals surface area contributed by atoms with Crippen LogP contribution in [0.15, 0.2) is 30.3 Å². The van der Waals surface area contributed by atoms with Gasteiger partial charge >= 0.3 is 0 Å². The van der Waals surface area contributed by atoms with Gasteiger partial charge in [-0.2, -0.15) is 0 Å². The molecule has 0 aliphatic carbocycles. The average molecular weight is 192 g/mol. The highest BCUT2D eigenvalue weighted by atomic mass is 16.5. The summed E-state index contributed by atoms with van der Waals surface area (Å²) in [4.78, 5) is 22.2.